The lowest BCUT2D eigenvalue weighted by molar-refractivity contribution is 0.627. The number of hydrogen-bond acceptors (Lipinski definition) is 4. The zero-order chi connectivity index (χ0) is 11.5. The van der Waals surface area contributed by atoms with Crippen LogP contribution in [-0.4, -0.2) is 9.19 Å². The van der Waals surface area contributed by atoms with Crippen molar-refractivity contribution in [2.24, 2.45) is 0 Å². The molecule has 16 heavy (non-hydrogen) atoms. The van der Waals surface area contributed by atoms with Gasteiger partial charge >= 0.3 is 0 Å². The molecule has 1 heterocycles. The van der Waals surface area contributed by atoms with Crippen molar-refractivity contribution in [2.75, 3.05) is 5.73 Å². The van der Waals surface area contributed by atoms with E-state index in [4.69, 9.17) is 5.73 Å². The summed E-state index contributed by atoms with van der Waals surface area (Å²) in [7, 11) is -1.25. The van der Waals surface area contributed by atoms with Crippen molar-refractivity contribution in [1.29, 1.82) is 0 Å². The number of nitrogens with zero attached hydrogens (tertiary/aromatic N) is 1. The Hall–Kier alpha value is -1.27. The summed E-state index contributed by atoms with van der Waals surface area (Å²) in [6, 6.07) is 3.90. The van der Waals surface area contributed by atoms with Crippen LogP contribution in [0.2, 0.25) is 0 Å². The van der Waals surface area contributed by atoms with Gasteiger partial charge in [-0.3, -0.25) is 9.19 Å². The first-order valence-electron chi connectivity index (χ1n) is 4.47. The molecule has 0 fully saturated rings. The number of anilines is 1. The number of aromatic nitrogens is 1. The largest absolute Gasteiger partial charge is 0.398 e. The molecule has 6 heteroatoms. The number of nitrogen functional groups attached to an aromatic ring is 1. The lowest BCUT2D eigenvalue weighted by Gasteiger charge is -2.04. The Bertz CT molecular complexity index is 514. The first-order valence-corrected chi connectivity index (χ1v) is 6.67. The standard InChI is InChI=1S/C10H9FN2OS2/c11-7-1-2-10(9(12)3-7)16(14)5-8-4-13-6-15-8/h1-4,6H,5,12H2. The highest BCUT2D eigenvalue weighted by molar-refractivity contribution is 7.84. The van der Waals surface area contributed by atoms with Crippen LogP contribution in [0.15, 0.2) is 34.8 Å². The zero-order valence-electron chi connectivity index (χ0n) is 8.22. The first-order chi connectivity index (χ1) is 7.66. The van der Waals surface area contributed by atoms with Crippen molar-refractivity contribution >= 4 is 27.8 Å². The van der Waals surface area contributed by atoms with Crippen molar-refractivity contribution in [3.63, 3.8) is 0 Å². The molecule has 0 saturated heterocycles. The van der Waals surface area contributed by atoms with Gasteiger partial charge in [0.25, 0.3) is 0 Å². The number of thiazole rings is 1. The van der Waals surface area contributed by atoms with Crippen molar-refractivity contribution < 1.29 is 8.60 Å². The van der Waals surface area contributed by atoms with Crippen LogP contribution < -0.4 is 5.73 Å². The molecule has 1 atom stereocenters. The summed E-state index contributed by atoms with van der Waals surface area (Å²) >= 11 is 1.44. The van der Waals surface area contributed by atoms with Crippen LogP contribution in [0.1, 0.15) is 4.88 Å². The van der Waals surface area contributed by atoms with E-state index in [9.17, 15) is 8.60 Å². The number of halogens is 1. The Labute approximate surface area is 98.6 Å². The first kappa shape index (κ1) is 11.2. The van der Waals surface area contributed by atoms with Crippen molar-refractivity contribution in [3.05, 3.63) is 40.6 Å². The quantitative estimate of drug-likeness (QED) is 0.856. The van der Waals surface area contributed by atoms with Gasteiger partial charge in [-0.25, -0.2) is 4.39 Å². The van der Waals surface area contributed by atoms with E-state index in [0.29, 0.717) is 10.6 Å². The van der Waals surface area contributed by atoms with Crippen molar-refractivity contribution in [2.45, 2.75) is 10.6 Å². The third-order valence-electron chi connectivity index (χ3n) is 1.97. The summed E-state index contributed by atoms with van der Waals surface area (Å²) < 4.78 is 24.7. The van der Waals surface area contributed by atoms with Gasteiger partial charge in [0, 0.05) is 11.1 Å². The molecular formula is C10H9FN2OS2. The molecule has 3 nitrogen and oxygen atoms in total. The number of benzene rings is 1. The van der Waals surface area contributed by atoms with Crippen LogP contribution in [0.25, 0.3) is 0 Å². The fourth-order valence-electron chi connectivity index (χ4n) is 1.25. The Morgan fingerprint density at radius 1 is 1.50 bits per heavy atom. The van der Waals surface area contributed by atoms with Gasteiger partial charge in [-0.15, -0.1) is 11.3 Å². The second kappa shape index (κ2) is 4.71. The molecule has 2 rings (SSSR count). The van der Waals surface area contributed by atoms with Gasteiger partial charge < -0.3 is 5.73 Å². The second-order valence-corrected chi connectivity index (χ2v) is 5.53. The highest BCUT2D eigenvalue weighted by Gasteiger charge is 2.10. The van der Waals surface area contributed by atoms with E-state index < -0.39 is 16.6 Å². The minimum absolute atomic E-state index is 0.225. The van der Waals surface area contributed by atoms with E-state index in [1.807, 2.05) is 0 Å². The molecule has 84 valence electrons. The molecule has 1 aromatic carbocycles. The Kier molecular flexibility index (Phi) is 3.31. The van der Waals surface area contributed by atoms with Gasteiger partial charge in [0.05, 0.1) is 32.6 Å². The van der Waals surface area contributed by atoms with Gasteiger partial charge in [-0.05, 0) is 18.2 Å². The van der Waals surface area contributed by atoms with Crippen LogP contribution in [0.4, 0.5) is 10.1 Å². The summed E-state index contributed by atoms with van der Waals surface area (Å²) in [4.78, 5) is 5.28. The summed E-state index contributed by atoms with van der Waals surface area (Å²) in [5.74, 6) is -0.0587. The maximum Gasteiger partial charge on any atom is 0.125 e. The summed E-state index contributed by atoms with van der Waals surface area (Å²) in [5, 5.41) is 0. The van der Waals surface area contributed by atoms with Gasteiger partial charge in [0.15, 0.2) is 0 Å². The van der Waals surface area contributed by atoms with Gasteiger partial charge in [0.1, 0.15) is 5.82 Å². The predicted octanol–water partition coefficient (Wildman–Crippen LogP) is 2.17. The maximum atomic E-state index is 12.8. The predicted molar refractivity (Wildman–Crippen MR) is 63.0 cm³/mol. The van der Waals surface area contributed by atoms with Crippen LogP contribution >= 0.6 is 11.3 Å². The average Bonchev–Trinajstić information content (AvgIpc) is 2.70. The number of nitrogens with two attached hydrogens (primary N) is 1. The molecule has 0 radical (unpaired) electrons. The lowest BCUT2D eigenvalue weighted by atomic mass is 10.3. The zero-order valence-corrected chi connectivity index (χ0v) is 9.85. The summed E-state index contributed by atoms with van der Waals surface area (Å²) in [6.07, 6.45) is 1.67. The SMILES string of the molecule is Nc1cc(F)ccc1S(=O)Cc1cncs1. The van der Waals surface area contributed by atoms with E-state index in [-0.39, 0.29) is 5.69 Å². The smallest absolute Gasteiger partial charge is 0.125 e. The van der Waals surface area contributed by atoms with Crippen molar-refractivity contribution in [1.82, 2.24) is 4.98 Å². The van der Waals surface area contributed by atoms with Crippen LogP contribution in [0.3, 0.4) is 0 Å². The monoisotopic (exact) mass is 256 g/mol. The van der Waals surface area contributed by atoms with Gasteiger partial charge in [-0.1, -0.05) is 0 Å². The molecule has 0 spiro atoms. The van der Waals surface area contributed by atoms with Crippen LogP contribution in [0.5, 0.6) is 0 Å². The highest BCUT2D eigenvalue weighted by Crippen LogP contribution is 2.21. The fourth-order valence-corrected chi connectivity index (χ4v) is 3.25. The normalized spacial score (nSPS) is 12.6. The van der Waals surface area contributed by atoms with Crippen LogP contribution in [-0.2, 0) is 16.6 Å². The fraction of sp³-hybridized carbons (Fsp3) is 0.100. The van der Waals surface area contributed by atoms with Crippen molar-refractivity contribution in [3.8, 4) is 0 Å². The van der Waals surface area contributed by atoms with Gasteiger partial charge in [-0.2, -0.15) is 0 Å². The molecule has 0 aliphatic carbocycles. The Morgan fingerprint density at radius 2 is 2.31 bits per heavy atom. The van der Waals surface area contributed by atoms with E-state index in [0.717, 1.165) is 4.88 Å². The molecule has 0 aliphatic heterocycles. The lowest BCUT2D eigenvalue weighted by Crippen LogP contribution is -2.00. The van der Waals surface area contributed by atoms with Gasteiger partial charge in [0.2, 0.25) is 0 Å². The molecule has 1 aromatic heterocycles. The molecule has 0 saturated carbocycles. The number of hydrogen-bond donors (Lipinski definition) is 1. The van der Waals surface area contributed by atoms with E-state index in [2.05, 4.69) is 4.98 Å². The average molecular weight is 256 g/mol. The van der Waals surface area contributed by atoms with E-state index >= 15 is 0 Å². The Balaban J connectivity index is 2.21. The molecule has 1 unspecified atom stereocenters. The molecule has 0 aliphatic rings. The molecule has 0 bridgehead atoms. The second-order valence-electron chi connectivity index (χ2n) is 3.14. The minimum atomic E-state index is -1.25. The Morgan fingerprint density at radius 3 is 2.94 bits per heavy atom. The highest BCUT2D eigenvalue weighted by atomic mass is 32.2. The minimum Gasteiger partial charge on any atom is -0.398 e. The molecule has 2 N–H and O–H groups in total. The topological polar surface area (TPSA) is 56.0 Å². The van der Waals surface area contributed by atoms with E-state index in [1.54, 1.807) is 11.7 Å². The summed E-state index contributed by atoms with van der Waals surface area (Å²) in [6.45, 7) is 0. The maximum absolute atomic E-state index is 12.8. The molecule has 2 aromatic rings. The molecular weight excluding hydrogens is 247 g/mol. The van der Waals surface area contributed by atoms with Crippen LogP contribution in [0, 0.1) is 5.82 Å². The molecule has 0 amide bonds. The number of rotatable bonds is 3. The third kappa shape index (κ3) is 2.45. The summed E-state index contributed by atoms with van der Waals surface area (Å²) in [5.41, 5.74) is 7.51. The third-order valence-corrected chi connectivity index (χ3v) is 4.37. The van der Waals surface area contributed by atoms with E-state index in [1.165, 1.54) is 29.5 Å².